The fourth-order valence-corrected chi connectivity index (χ4v) is 2.06. The van der Waals surface area contributed by atoms with Gasteiger partial charge in [0.15, 0.2) is 0 Å². The summed E-state index contributed by atoms with van der Waals surface area (Å²) in [4.78, 5) is 24.3. The minimum Gasteiger partial charge on any atom is -0.465 e. The molecule has 0 saturated carbocycles. The summed E-state index contributed by atoms with van der Waals surface area (Å²) in [6, 6.07) is 4.56. The number of hydrogen-bond donors (Lipinski definition) is 2. The average Bonchev–Trinajstić information content (AvgIpc) is 2.42. The molecule has 0 heterocycles. The second kappa shape index (κ2) is 7.62. The Labute approximate surface area is 143 Å². The number of nitrogens with zero attached hydrogens (tertiary/aromatic N) is 1. The molecule has 1 atom stereocenters. The molecule has 9 heteroatoms. The molecule has 0 spiro atoms. The molecule has 0 radical (unpaired) electrons. The van der Waals surface area contributed by atoms with Crippen LogP contribution in [-0.4, -0.2) is 40.5 Å². The molecule has 140 valence electrons. The summed E-state index contributed by atoms with van der Waals surface area (Å²) in [6.07, 6.45) is -5.99. The van der Waals surface area contributed by atoms with E-state index >= 15 is 0 Å². The van der Waals surface area contributed by atoms with Gasteiger partial charge >= 0.3 is 12.5 Å². The lowest BCUT2D eigenvalue weighted by molar-refractivity contribution is -0.274. The van der Waals surface area contributed by atoms with Crippen LogP contribution in [-0.2, 0) is 4.79 Å². The van der Waals surface area contributed by atoms with Gasteiger partial charge in [-0.15, -0.1) is 13.2 Å². The standard InChI is InChI=1S/C16H21F3N2O4/c1-10(11-5-7-12(8-6-11)25-16(17,18)19)20-13(22)9-21(14(23)24)15(2,3)4/h5-8,10H,9H2,1-4H3,(H,20,22)(H,23,24)/t10-/m0/s1. The van der Waals surface area contributed by atoms with E-state index in [1.165, 1.54) is 12.1 Å². The molecule has 2 amide bonds. The van der Waals surface area contributed by atoms with Crippen LogP contribution in [0.15, 0.2) is 24.3 Å². The molecule has 0 aliphatic rings. The van der Waals surface area contributed by atoms with Gasteiger partial charge in [0, 0.05) is 5.54 Å². The number of amides is 2. The predicted octanol–water partition coefficient (Wildman–Crippen LogP) is 3.54. The molecule has 0 aliphatic carbocycles. The molecule has 1 aromatic rings. The number of nitrogens with one attached hydrogen (secondary N) is 1. The first-order chi connectivity index (χ1) is 11.3. The monoisotopic (exact) mass is 362 g/mol. The van der Waals surface area contributed by atoms with E-state index < -0.39 is 29.9 Å². The summed E-state index contributed by atoms with van der Waals surface area (Å²) < 4.78 is 40.1. The van der Waals surface area contributed by atoms with Gasteiger partial charge < -0.3 is 15.2 Å². The van der Waals surface area contributed by atoms with Crippen LogP contribution in [0, 0.1) is 0 Å². The van der Waals surface area contributed by atoms with Crippen LogP contribution in [0.25, 0.3) is 0 Å². The first-order valence-electron chi connectivity index (χ1n) is 7.45. The van der Waals surface area contributed by atoms with E-state index in [1.54, 1.807) is 27.7 Å². The number of halogens is 3. The first kappa shape index (κ1) is 20.6. The maximum Gasteiger partial charge on any atom is 0.573 e. The van der Waals surface area contributed by atoms with Crippen molar-refractivity contribution in [3.05, 3.63) is 29.8 Å². The van der Waals surface area contributed by atoms with Crippen LogP contribution in [0.2, 0.25) is 0 Å². The summed E-state index contributed by atoms with van der Waals surface area (Å²) in [5.74, 6) is -0.875. The van der Waals surface area contributed by atoms with Gasteiger partial charge in [0.2, 0.25) is 5.91 Å². The Bertz CT molecular complexity index is 609. The third kappa shape index (κ3) is 6.90. The Hall–Kier alpha value is -2.45. The average molecular weight is 362 g/mol. The minimum absolute atomic E-state index is 0.349. The van der Waals surface area contributed by atoms with Crippen LogP contribution in [0.5, 0.6) is 5.75 Å². The van der Waals surface area contributed by atoms with E-state index in [9.17, 15) is 27.9 Å². The van der Waals surface area contributed by atoms with Crippen LogP contribution < -0.4 is 10.1 Å². The lowest BCUT2D eigenvalue weighted by Crippen LogP contribution is -2.50. The highest BCUT2D eigenvalue weighted by Crippen LogP contribution is 2.24. The molecule has 0 bridgehead atoms. The fourth-order valence-electron chi connectivity index (χ4n) is 2.06. The van der Waals surface area contributed by atoms with E-state index in [4.69, 9.17) is 0 Å². The number of alkyl halides is 3. The van der Waals surface area contributed by atoms with Gasteiger partial charge in [-0.1, -0.05) is 12.1 Å². The second-order valence-corrected chi connectivity index (χ2v) is 6.45. The van der Waals surface area contributed by atoms with Crippen LogP contribution >= 0.6 is 0 Å². The molecule has 0 saturated heterocycles. The lowest BCUT2D eigenvalue weighted by atomic mass is 10.1. The number of carbonyl (C=O) groups excluding carboxylic acids is 1. The molecule has 0 fully saturated rings. The number of rotatable bonds is 5. The molecule has 6 nitrogen and oxygen atoms in total. The van der Waals surface area contributed by atoms with E-state index in [-0.39, 0.29) is 12.3 Å². The van der Waals surface area contributed by atoms with Crippen LogP contribution in [0.1, 0.15) is 39.3 Å². The smallest absolute Gasteiger partial charge is 0.465 e. The molecule has 0 unspecified atom stereocenters. The zero-order valence-electron chi connectivity index (χ0n) is 14.3. The topological polar surface area (TPSA) is 78.9 Å². The highest BCUT2D eigenvalue weighted by atomic mass is 19.4. The Morgan fingerprint density at radius 3 is 2.12 bits per heavy atom. The van der Waals surface area contributed by atoms with Crippen LogP contribution in [0.4, 0.5) is 18.0 Å². The Balaban J connectivity index is 2.70. The van der Waals surface area contributed by atoms with Gasteiger partial charge in [0.25, 0.3) is 0 Å². The zero-order valence-corrected chi connectivity index (χ0v) is 14.3. The molecule has 25 heavy (non-hydrogen) atoms. The van der Waals surface area contributed by atoms with Crippen molar-refractivity contribution in [1.82, 2.24) is 10.2 Å². The van der Waals surface area contributed by atoms with E-state index in [0.29, 0.717) is 5.56 Å². The van der Waals surface area contributed by atoms with Crippen molar-refractivity contribution < 1.29 is 32.6 Å². The highest BCUT2D eigenvalue weighted by molar-refractivity contribution is 5.82. The molecular weight excluding hydrogens is 341 g/mol. The normalized spacial score (nSPS) is 13.1. The van der Waals surface area contributed by atoms with Crippen molar-refractivity contribution in [3.63, 3.8) is 0 Å². The van der Waals surface area contributed by atoms with Crippen molar-refractivity contribution in [2.45, 2.75) is 45.6 Å². The number of carbonyl (C=O) groups is 2. The summed E-state index contributed by atoms with van der Waals surface area (Å²) in [6.45, 7) is 6.28. The van der Waals surface area contributed by atoms with Gasteiger partial charge in [-0.2, -0.15) is 0 Å². The van der Waals surface area contributed by atoms with Gasteiger partial charge in [-0.05, 0) is 45.4 Å². The van der Waals surface area contributed by atoms with Crippen molar-refractivity contribution in [2.75, 3.05) is 6.54 Å². The van der Waals surface area contributed by atoms with Gasteiger partial charge in [-0.25, -0.2) is 4.79 Å². The quantitative estimate of drug-likeness (QED) is 0.840. The molecule has 0 aliphatic heterocycles. The van der Waals surface area contributed by atoms with E-state index in [2.05, 4.69) is 10.1 Å². The van der Waals surface area contributed by atoms with Gasteiger partial charge in [-0.3, -0.25) is 9.69 Å². The van der Waals surface area contributed by atoms with Gasteiger partial charge in [0.1, 0.15) is 12.3 Å². The highest BCUT2D eigenvalue weighted by Gasteiger charge is 2.31. The van der Waals surface area contributed by atoms with E-state index in [0.717, 1.165) is 17.0 Å². The Kier molecular flexibility index (Phi) is 6.28. The molecular formula is C16H21F3N2O4. The third-order valence-corrected chi connectivity index (χ3v) is 3.33. The largest absolute Gasteiger partial charge is 0.573 e. The van der Waals surface area contributed by atoms with Gasteiger partial charge in [0.05, 0.1) is 6.04 Å². The van der Waals surface area contributed by atoms with Crippen LogP contribution in [0.3, 0.4) is 0 Å². The van der Waals surface area contributed by atoms with Crippen molar-refractivity contribution in [1.29, 1.82) is 0 Å². The summed E-state index contributed by atoms with van der Waals surface area (Å²) in [5, 5.41) is 11.8. The molecule has 2 N–H and O–H groups in total. The Morgan fingerprint density at radius 2 is 1.72 bits per heavy atom. The van der Waals surface area contributed by atoms with Crippen molar-refractivity contribution >= 4 is 12.0 Å². The lowest BCUT2D eigenvalue weighted by Gasteiger charge is -2.32. The first-order valence-corrected chi connectivity index (χ1v) is 7.45. The number of ether oxygens (including phenoxy) is 1. The van der Waals surface area contributed by atoms with E-state index in [1.807, 2.05) is 0 Å². The molecule has 1 aromatic carbocycles. The third-order valence-electron chi connectivity index (χ3n) is 3.33. The maximum absolute atomic E-state index is 12.1. The minimum atomic E-state index is -4.77. The second-order valence-electron chi connectivity index (χ2n) is 6.45. The molecule has 0 aromatic heterocycles. The summed E-state index contributed by atoms with van der Waals surface area (Å²) in [5.41, 5.74) is -0.191. The molecule has 1 rings (SSSR count). The summed E-state index contributed by atoms with van der Waals surface area (Å²) >= 11 is 0. The summed E-state index contributed by atoms with van der Waals surface area (Å²) in [7, 11) is 0. The number of benzene rings is 1. The number of hydrogen-bond acceptors (Lipinski definition) is 3. The SMILES string of the molecule is C[C@H](NC(=O)CN(C(=O)O)C(C)(C)C)c1ccc(OC(F)(F)F)cc1. The van der Waals surface area contributed by atoms with Crippen molar-refractivity contribution in [2.24, 2.45) is 0 Å². The zero-order chi connectivity index (χ0) is 19.4. The maximum atomic E-state index is 12.1. The Morgan fingerprint density at radius 1 is 1.20 bits per heavy atom. The number of carboxylic acid groups (broad SMARTS) is 1. The van der Waals surface area contributed by atoms with Crippen molar-refractivity contribution in [3.8, 4) is 5.75 Å². The predicted molar refractivity (Wildman–Crippen MR) is 84.2 cm³/mol. The fraction of sp³-hybridized carbons (Fsp3) is 0.500.